The Morgan fingerprint density at radius 1 is 1.26 bits per heavy atom. The molecule has 2 aromatic rings. The minimum atomic E-state index is -3.10. The van der Waals surface area contributed by atoms with Crippen molar-refractivity contribution < 1.29 is 22.7 Å². The van der Waals surface area contributed by atoms with Crippen molar-refractivity contribution in [3.8, 4) is 5.69 Å². The first kappa shape index (κ1) is 23.0. The van der Waals surface area contributed by atoms with Crippen molar-refractivity contribution in [2.75, 3.05) is 24.7 Å². The zero-order valence-corrected chi connectivity index (χ0v) is 18.6. The van der Waals surface area contributed by atoms with E-state index in [0.717, 1.165) is 24.1 Å². The molecule has 168 valence electrons. The van der Waals surface area contributed by atoms with Crippen molar-refractivity contribution >= 4 is 21.7 Å². The molecule has 1 aromatic carbocycles. The van der Waals surface area contributed by atoms with Gasteiger partial charge in [0.2, 0.25) is 0 Å². The molecule has 31 heavy (non-hydrogen) atoms. The van der Waals surface area contributed by atoms with Crippen LogP contribution < -0.4 is 0 Å². The highest BCUT2D eigenvalue weighted by Gasteiger charge is 2.34. The average Bonchev–Trinajstić information content (AvgIpc) is 3.38. The summed E-state index contributed by atoms with van der Waals surface area (Å²) in [5.41, 5.74) is 1.83. The van der Waals surface area contributed by atoms with E-state index in [1.807, 2.05) is 43.5 Å². The smallest absolute Gasteiger partial charge is 0.306 e. The third-order valence-corrected chi connectivity index (χ3v) is 7.10. The molecule has 0 spiro atoms. The van der Waals surface area contributed by atoms with E-state index in [0.29, 0.717) is 19.4 Å². The van der Waals surface area contributed by atoms with Gasteiger partial charge in [0.1, 0.15) is 0 Å². The number of carbonyl (C=O) groups excluding carboxylic acids is 2. The van der Waals surface area contributed by atoms with Gasteiger partial charge in [-0.1, -0.05) is 31.5 Å². The van der Waals surface area contributed by atoms with Gasteiger partial charge in [-0.3, -0.25) is 9.59 Å². The van der Waals surface area contributed by atoms with E-state index in [1.54, 1.807) is 15.8 Å². The Kier molecular flexibility index (Phi) is 7.84. The number of sulfone groups is 1. The molecule has 1 aliphatic heterocycles. The number of benzene rings is 1. The molecule has 1 aromatic heterocycles. The normalized spacial score (nSPS) is 17.4. The van der Waals surface area contributed by atoms with Gasteiger partial charge in [0.05, 0.1) is 23.4 Å². The number of carbonyl (C=O) groups is 2. The number of aromatic nitrogens is 2. The molecule has 1 aliphatic rings. The van der Waals surface area contributed by atoms with Crippen LogP contribution in [0.25, 0.3) is 5.69 Å². The number of amides is 1. The lowest BCUT2D eigenvalue weighted by molar-refractivity contribution is -0.152. The zero-order valence-electron chi connectivity index (χ0n) is 17.8. The summed E-state index contributed by atoms with van der Waals surface area (Å²) in [5, 5.41) is 4.30. The lowest BCUT2D eigenvalue weighted by atomic mass is 10.2. The second-order valence-corrected chi connectivity index (χ2v) is 10.0. The Bertz CT molecular complexity index is 988. The summed E-state index contributed by atoms with van der Waals surface area (Å²) < 4.78 is 30.5. The fourth-order valence-electron chi connectivity index (χ4n) is 3.62. The largest absolute Gasteiger partial charge is 0.456 e. The van der Waals surface area contributed by atoms with Gasteiger partial charge in [0.15, 0.2) is 16.4 Å². The maximum atomic E-state index is 12.6. The number of rotatable bonds is 10. The molecule has 3 rings (SSSR count). The van der Waals surface area contributed by atoms with E-state index >= 15 is 0 Å². The monoisotopic (exact) mass is 447 g/mol. The standard InChI is InChI=1S/C22H29N3O5S/c1-2-3-12-24(20-11-13-31(28,29)17-20)21(26)16-30-22(27)10-9-18-14-23-25(15-18)19-7-5-4-6-8-19/h4-8,14-15,20H,2-3,9-13,16-17H2,1H3. The van der Waals surface area contributed by atoms with Crippen LogP contribution in [-0.4, -0.2) is 65.7 Å². The molecular formula is C22H29N3O5S. The first-order valence-corrected chi connectivity index (χ1v) is 12.4. The number of hydrogen-bond donors (Lipinski definition) is 0. The number of esters is 1. The Hall–Kier alpha value is -2.68. The van der Waals surface area contributed by atoms with Gasteiger partial charge in [-0.2, -0.15) is 5.10 Å². The second-order valence-electron chi connectivity index (χ2n) is 7.79. The SMILES string of the molecule is CCCCN(C(=O)COC(=O)CCc1cnn(-c2ccccc2)c1)C1CCS(=O)(=O)C1. The van der Waals surface area contributed by atoms with Crippen LogP contribution in [0.1, 0.15) is 38.2 Å². The second kappa shape index (κ2) is 10.6. The van der Waals surface area contributed by atoms with Crippen molar-refractivity contribution in [1.82, 2.24) is 14.7 Å². The van der Waals surface area contributed by atoms with E-state index in [2.05, 4.69) is 5.10 Å². The molecule has 0 radical (unpaired) electrons. The van der Waals surface area contributed by atoms with Crippen molar-refractivity contribution in [1.29, 1.82) is 0 Å². The minimum Gasteiger partial charge on any atom is -0.456 e. The van der Waals surface area contributed by atoms with Crippen LogP contribution in [0.15, 0.2) is 42.7 Å². The van der Waals surface area contributed by atoms with Crippen molar-refractivity contribution in [3.05, 3.63) is 48.3 Å². The number of hydrogen-bond acceptors (Lipinski definition) is 6. The lowest BCUT2D eigenvalue weighted by Gasteiger charge is -2.28. The Balaban J connectivity index is 1.47. The van der Waals surface area contributed by atoms with Gasteiger partial charge in [-0.15, -0.1) is 0 Å². The van der Waals surface area contributed by atoms with Crippen molar-refractivity contribution in [3.63, 3.8) is 0 Å². The van der Waals surface area contributed by atoms with Gasteiger partial charge in [0, 0.05) is 25.2 Å². The van der Waals surface area contributed by atoms with E-state index in [1.165, 1.54) is 0 Å². The van der Waals surface area contributed by atoms with E-state index in [4.69, 9.17) is 4.74 Å². The number of nitrogens with zero attached hydrogens (tertiary/aromatic N) is 3. The van der Waals surface area contributed by atoms with Gasteiger partial charge in [-0.25, -0.2) is 13.1 Å². The van der Waals surface area contributed by atoms with Crippen LogP contribution in [0.3, 0.4) is 0 Å². The summed E-state index contributed by atoms with van der Waals surface area (Å²) in [7, 11) is -3.10. The van der Waals surface area contributed by atoms with Crippen molar-refractivity contribution in [2.45, 2.75) is 45.1 Å². The van der Waals surface area contributed by atoms with E-state index < -0.39 is 15.8 Å². The van der Waals surface area contributed by atoms with Crippen LogP contribution >= 0.6 is 0 Å². The molecule has 9 heteroatoms. The highest BCUT2D eigenvalue weighted by Crippen LogP contribution is 2.19. The van der Waals surface area contributed by atoms with Gasteiger partial charge in [-0.05, 0) is 37.0 Å². The van der Waals surface area contributed by atoms with Gasteiger partial charge in [0.25, 0.3) is 5.91 Å². The maximum Gasteiger partial charge on any atom is 0.306 e. The van der Waals surface area contributed by atoms with Crippen LogP contribution in [0.4, 0.5) is 0 Å². The first-order valence-electron chi connectivity index (χ1n) is 10.6. The molecule has 2 heterocycles. The minimum absolute atomic E-state index is 0.0121. The highest BCUT2D eigenvalue weighted by molar-refractivity contribution is 7.91. The van der Waals surface area contributed by atoms with Crippen LogP contribution in [0, 0.1) is 0 Å². The Labute approximate surface area is 183 Å². The summed E-state index contributed by atoms with van der Waals surface area (Å²) in [6.45, 7) is 2.13. The van der Waals surface area contributed by atoms with Gasteiger partial charge >= 0.3 is 5.97 Å². The highest BCUT2D eigenvalue weighted by atomic mass is 32.2. The molecule has 0 N–H and O–H groups in total. The molecule has 1 amide bonds. The fourth-order valence-corrected chi connectivity index (χ4v) is 5.35. The molecule has 0 saturated carbocycles. The lowest BCUT2D eigenvalue weighted by Crippen LogP contribution is -2.43. The van der Waals surface area contributed by atoms with Crippen LogP contribution in [0.2, 0.25) is 0 Å². The quantitative estimate of drug-likeness (QED) is 0.518. The summed E-state index contributed by atoms with van der Waals surface area (Å²) in [6.07, 6.45) is 6.28. The summed E-state index contributed by atoms with van der Waals surface area (Å²) in [5.74, 6) is -0.706. The predicted molar refractivity (Wildman–Crippen MR) is 117 cm³/mol. The fraction of sp³-hybridized carbons (Fsp3) is 0.500. The summed E-state index contributed by atoms with van der Waals surface area (Å²) in [4.78, 5) is 26.3. The molecule has 0 bridgehead atoms. The predicted octanol–water partition coefficient (Wildman–Crippen LogP) is 2.16. The average molecular weight is 448 g/mol. The molecule has 1 atom stereocenters. The van der Waals surface area contributed by atoms with Gasteiger partial charge < -0.3 is 9.64 Å². The third-order valence-electron chi connectivity index (χ3n) is 5.35. The van der Waals surface area contributed by atoms with E-state index in [-0.39, 0.29) is 36.5 Å². The third kappa shape index (κ3) is 6.65. The summed E-state index contributed by atoms with van der Waals surface area (Å²) >= 11 is 0. The van der Waals surface area contributed by atoms with E-state index in [9.17, 15) is 18.0 Å². The number of ether oxygens (including phenoxy) is 1. The number of unbranched alkanes of at least 4 members (excludes halogenated alkanes) is 1. The molecule has 8 nitrogen and oxygen atoms in total. The molecule has 1 fully saturated rings. The maximum absolute atomic E-state index is 12.6. The Morgan fingerprint density at radius 3 is 2.71 bits per heavy atom. The molecule has 0 aliphatic carbocycles. The number of aryl methyl sites for hydroxylation is 1. The molecular weight excluding hydrogens is 418 g/mol. The summed E-state index contributed by atoms with van der Waals surface area (Å²) in [6, 6.07) is 9.34. The van der Waals surface area contributed by atoms with Crippen LogP contribution in [0.5, 0.6) is 0 Å². The Morgan fingerprint density at radius 2 is 2.03 bits per heavy atom. The van der Waals surface area contributed by atoms with Crippen LogP contribution in [-0.2, 0) is 30.6 Å². The molecule has 1 saturated heterocycles. The first-order chi connectivity index (χ1) is 14.9. The zero-order chi connectivity index (χ0) is 22.3. The topological polar surface area (TPSA) is 98.6 Å². The van der Waals surface area contributed by atoms with Crippen molar-refractivity contribution in [2.24, 2.45) is 0 Å². The molecule has 1 unspecified atom stereocenters. The number of para-hydroxylation sites is 1.